The molecule has 2 aromatic heterocycles. The van der Waals surface area contributed by atoms with Gasteiger partial charge in [-0.3, -0.25) is 0 Å². The largest absolute Gasteiger partial charge is 0.456 e. The first-order valence-electron chi connectivity index (χ1n) is 19.5. The molecule has 0 N–H and O–H groups in total. The maximum Gasteiger partial charge on any atom is 0.160 e. The minimum Gasteiger partial charge on any atom is -0.456 e. The van der Waals surface area contributed by atoms with Crippen LogP contribution in [0.15, 0.2) is 205 Å². The van der Waals surface area contributed by atoms with E-state index in [1.165, 1.54) is 38.9 Å². The third-order valence-electron chi connectivity index (χ3n) is 11.8. The van der Waals surface area contributed by atoms with Gasteiger partial charge in [-0.15, -0.1) is 0 Å². The molecular weight excluding hydrogens is 693 g/mol. The van der Waals surface area contributed by atoms with Crippen LogP contribution in [0.2, 0.25) is 0 Å². The maximum absolute atomic E-state index is 6.17. The van der Waals surface area contributed by atoms with Crippen molar-refractivity contribution in [3.05, 3.63) is 217 Å². The average Bonchev–Trinajstić information content (AvgIpc) is 3.79. The lowest BCUT2D eigenvalue weighted by atomic mass is 9.71. The summed E-state index contributed by atoms with van der Waals surface area (Å²) in [7, 11) is 0. The number of hydrogen-bond acceptors (Lipinski definition) is 3. The summed E-state index contributed by atoms with van der Waals surface area (Å²) in [5.74, 6) is 0.690. The highest BCUT2D eigenvalue weighted by Gasteiger charge is 2.41. The van der Waals surface area contributed by atoms with Gasteiger partial charge in [0.1, 0.15) is 11.2 Å². The van der Waals surface area contributed by atoms with E-state index >= 15 is 0 Å². The highest BCUT2D eigenvalue weighted by atomic mass is 16.3. The van der Waals surface area contributed by atoms with E-state index in [0.717, 1.165) is 61.1 Å². The second kappa shape index (κ2) is 13.1. The Kier molecular flexibility index (Phi) is 7.61. The second-order valence-corrected chi connectivity index (χ2v) is 15.0. The first kappa shape index (κ1) is 33.0. The first-order valence-corrected chi connectivity index (χ1v) is 19.5. The van der Waals surface area contributed by atoms with E-state index in [9.17, 15) is 0 Å². The van der Waals surface area contributed by atoms with E-state index in [1.54, 1.807) is 0 Å². The van der Waals surface area contributed by atoms with Crippen LogP contribution in [0.4, 0.5) is 0 Å². The third kappa shape index (κ3) is 5.35. The highest BCUT2D eigenvalue weighted by Crippen LogP contribution is 2.54. The summed E-state index contributed by atoms with van der Waals surface area (Å²) in [5, 5.41) is 2.21. The van der Waals surface area contributed by atoms with E-state index in [-0.39, 0.29) is 5.41 Å². The van der Waals surface area contributed by atoms with Gasteiger partial charge in [0.25, 0.3) is 0 Å². The third-order valence-corrected chi connectivity index (χ3v) is 11.8. The van der Waals surface area contributed by atoms with Gasteiger partial charge < -0.3 is 4.42 Å². The van der Waals surface area contributed by atoms with E-state index in [2.05, 4.69) is 177 Å². The number of rotatable bonds is 6. The molecule has 0 fully saturated rings. The summed E-state index contributed by atoms with van der Waals surface area (Å²) in [4.78, 5) is 10.4. The molecule has 10 aromatic rings. The minimum atomic E-state index is -0.294. The number of fused-ring (bicyclic) bond motifs is 6. The van der Waals surface area contributed by atoms with Gasteiger partial charge in [0, 0.05) is 32.9 Å². The molecule has 1 aliphatic rings. The average molecular weight is 729 g/mol. The summed E-state index contributed by atoms with van der Waals surface area (Å²) < 4.78 is 6.17. The monoisotopic (exact) mass is 728 g/mol. The zero-order valence-electron chi connectivity index (χ0n) is 31.4. The summed E-state index contributed by atoms with van der Waals surface area (Å²) >= 11 is 0. The molecule has 0 unspecified atom stereocenters. The van der Waals surface area contributed by atoms with E-state index in [1.807, 2.05) is 30.3 Å². The Labute approximate surface area is 331 Å². The Bertz CT molecular complexity index is 3090. The topological polar surface area (TPSA) is 38.9 Å². The molecule has 0 saturated carbocycles. The summed E-state index contributed by atoms with van der Waals surface area (Å²) in [6.07, 6.45) is 0. The highest BCUT2D eigenvalue weighted by molar-refractivity contribution is 6.06. The van der Waals surface area contributed by atoms with Crippen LogP contribution in [0.1, 0.15) is 23.6 Å². The molecule has 57 heavy (non-hydrogen) atoms. The van der Waals surface area contributed by atoms with Gasteiger partial charge in [-0.05, 0) is 81.3 Å². The summed E-state index contributed by atoms with van der Waals surface area (Å²) in [6.45, 7) is 2.38. The van der Waals surface area contributed by atoms with Gasteiger partial charge in [-0.1, -0.05) is 176 Å². The molecule has 3 heteroatoms. The molecule has 0 saturated heterocycles. The minimum absolute atomic E-state index is 0.294. The standard InChI is InChI=1S/C54H36N2O/c1-54(47-24-12-8-19-41(47)42-20-9-13-25-48(42)54)46-23-11-7-18-40(46)35-27-29-36(30-28-35)49-34-50(56-53(55-49)37-15-3-2-4-16-37)43-21-6-5-17-39(43)38-31-32-52-45(33-38)44-22-10-14-26-51(44)57-52/h2-34H,1H3. The number of benzene rings is 8. The zero-order chi connectivity index (χ0) is 37.9. The van der Waals surface area contributed by atoms with Crippen LogP contribution in [0, 0.1) is 0 Å². The van der Waals surface area contributed by atoms with Crippen molar-refractivity contribution in [2.45, 2.75) is 12.3 Å². The molecule has 11 rings (SSSR count). The molecular formula is C54H36N2O. The van der Waals surface area contributed by atoms with Crippen LogP contribution in [-0.4, -0.2) is 9.97 Å². The van der Waals surface area contributed by atoms with Crippen molar-refractivity contribution >= 4 is 21.9 Å². The molecule has 2 heterocycles. The molecule has 8 aromatic carbocycles. The molecule has 0 spiro atoms. The van der Waals surface area contributed by atoms with Crippen molar-refractivity contribution < 1.29 is 4.42 Å². The molecule has 0 bridgehead atoms. The normalized spacial score (nSPS) is 12.8. The Balaban J connectivity index is 1.02. The summed E-state index contributed by atoms with van der Waals surface area (Å²) in [5.41, 5.74) is 17.5. The van der Waals surface area contributed by atoms with Crippen molar-refractivity contribution in [2.24, 2.45) is 0 Å². The lowest BCUT2D eigenvalue weighted by Gasteiger charge is -2.30. The van der Waals surface area contributed by atoms with Gasteiger partial charge in [-0.25, -0.2) is 9.97 Å². The fraction of sp³-hybridized carbons (Fsp3) is 0.0370. The number of hydrogen-bond donors (Lipinski definition) is 0. The van der Waals surface area contributed by atoms with Crippen molar-refractivity contribution in [1.82, 2.24) is 9.97 Å². The van der Waals surface area contributed by atoms with Gasteiger partial charge >= 0.3 is 0 Å². The van der Waals surface area contributed by atoms with Crippen LogP contribution in [0.5, 0.6) is 0 Å². The van der Waals surface area contributed by atoms with Crippen molar-refractivity contribution in [3.8, 4) is 67.3 Å². The number of aromatic nitrogens is 2. The Morgan fingerprint density at radius 3 is 1.58 bits per heavy atom. The molecule has 0 amide bonds. The maximum atomic E-state index is 6.17. The van der Waals surface area contributed by atoms with Crippen LogP contribution in [0.25, 0.3) is 89.2 Å². The van der Waals surface area contributed by atoms with E-state index in [4.69, 9.17) is 14.4 Å². The second-order valence-electron chi connectivity index (χ2n) is 15.0. The van der Waals surface area contributed by atoms with E-state index in [0.29, 0.717) is 5.82 Å². The van der Waals surface area contributed by atoms with Gasteiger partial charge in [0.2, 0.25) is 0 Å². The lowest BCUT2D eigenvalue weighted by Crippen LogP contribution is -2.23. The van der Waals surface area contributed by atoms with Gasteiger partial charge in [-0.2, -0.15) is 0 Å². The Morgan fingerprint density at radius 2 is 0.860 bits per heavy atom. The predicted molar refractivity (Wildman–Crippen MR) is 234 cm³/mol. The molecule has 3 nitrogen and oxygen atoms in total. The molecule has 268 valence electrons. The lowest BCUT2D eigenvalue weighted by molar-refractivity contribution is 0.669. The fourth-order valence-electron chi connectivity index (χ4n) is 9.04. The smallest absolute Gasteiger partial charge is 0.160 e. The molecule has 1 aliphatic carbocycles. The van der Waals surface area contributed by atoms with Crippen LogP contribution in [-0.2, 0) is 5.41 Å². The number of nitrogens with zero attached hydrogens (tertiary/aromatic N) is 2. The van der Waals surface area contributed by atoms with Gasteiger partial charge in [0.05, 0.1) is 11.4 Å². The zero-order valence-corrected chi connectivity index (χ0v) is 31.4. The van der Waals surface area contributed by atoms with Crippen molar-refractivity contribution in [1.29, 1.82) is 0 Å². The van der Waals surface area contributed by atoms with Crippen LogP contribution < -0.4 is 0 Å². The fourth-order valence-corrected chi connectivity index (χ4v) is 9.04. The summed E-state index contributed by atoms with van der Waals surface area (Å²) in [6, 6.07) is 71.1. The molecule has 0 atom stereocenters. The van der Waals surface area contributed by atoms with Gasteiger partial charge in [0.15, 0.2) is 5.82 Å². The Morgan fingerprint density at radius 1 is 0.351 bits per heavy atom. The van der Waals surface area contributed by atoms with E-state index < -0.39 is 0 Å². The predicted octanol–water partition coefficient (Wildman–Crippen LogP) is 14.0. The van der Waals surface area contributed by atoms with Crippen molar-refractivity contribution in [3.63, 3.8) is 0 Å². The number of furan rings is 1. The van der Waals surface area contributed by atoms with Crippen molar-refractivity contribution in [2.75, 3.05) is 0 Å². The molecule has 0 radical (unpaired) electrons. The van der Waals surface area contributed by atoms with Crippen LogP contribution >= 0.6 is 0 Å². The quantitative estimate of drug-likeness (QED) is 0.171. The SMILES string of the molecule is CC1(c2ccccc2-c2ccc(-c3cc(-c4ccccc4-c4ccc5oc6ccccc6c5c4)nc(-c4ccccc4)n3)cc2)c2ccccc2-c2ccccc21. The Hall–Kier alpha value is -7.36. The number of para-hydroxylation sites is 1. The first-order chi connectivity index (χ1) is 28.1. The van der Waals surface area contributed by atoms with Crippen LogP contribution in [0.3, 0.4) is 0 Å². The molecule has 0 aliphatic heterocycles.